The fourth-order valence-electron chi connectivity index (χ4n) is 3.78. The predicted octanol–water partition coefficient (Wildman–Crippen LogP) is 2.37. The highest BCUT2D eigenvalue weighted by Crippen LogP contribution is 2.27. The maximum Gasteiger partial charge on any atom is 0.225 e. The Morgan fingerprint density at radius 3 is 2.54 bits per heavy atom. The minimum atomic E-state index is 0.194. The van der Waals surface area contributed by atoms with Crippen molar-refractivity contribution in [2.45, 2.75) is 12.8 Å². The molecule has 0 radical (unpaired) electrons. The summed E-state index contributed by atoms with van der Waals surface area (Å²) in [7, 11) is 2.08. The molecule has 5 nitrogen and oxygen atoms in total. The van der Waals surface area contributed by atoms with Crippen LogP contribution in [0, 0.1) is 5.92 Å². The van der Waals surface area contributed by atoms with Crippen molar-refractivity contribution in [2.75, 3.05) is 42.6 Å². The van der Waals surface area contributed by atoms with Gasteiger partial charge in [-0.3, -0.25) is 4.79 Å². The molecule has 0 bridgehead atoms. The van der Waals surface area contributed by atoms with Crippen LogP contribution < -0.4 is 4.90 Å². The standard InChI is InChI=1S/C18H24N4OS/c1-20-16-5-3-2-4-15(16)19-18(20)22-8-6-14(7-9-22)17(23)21-10-12-24-13-11-21/h2-5,14H,6-13H2,1H3. The monoisotopic (exact) mass is 344 g/mol. The molecule has 2 aromatic rings. The summed E-state index contributed by atoms with van der Waals surface area (Å²) >= 11 is 1.95. The van der Waals surface area contributed by atoms with E-state index in [1.807, 2.05) is 17.8 Å². The number of carbonyl (C=O) groups excluding carboxylic acids is 1. The van der Waals surface area contributed by atoms with Crippen LogP contribution >= 0.6 is 11.8 Å². The Balaban J connectivity index is 1.43. The van der Waals surface area contributed by atoms with Crippen LogP contribution in [0.25, 0.3) is 11.0 Å². The fraction of sp³-hybridized carbons (Fsp3) is 0.556. The van der Waals surface area contributed by atoms with E-state index in [1.54, 1.807) is 0 Å². The van der Waals surface area contributed by atoms with E-state index in [1.165, 1.54) is 0 Å². The molecular weight excluding hydrogens is 320 g/mol. The number of aryl methyl sites for hydroxylation is 1. The first kappa shape index (κ1) is 15.8. The number of fused-ring (bicyclic) bond motifs is 1. The molecule has 4 rings (SSSR count). The Bertz CT molecular complexity index is 730. The lowest BCUT2D eigenvalue weighted by Crippen LogP contribution is -2.45. The normalized spacial score (nSPS) is 19.9. The zero-order valence-electron chi connectivity index (χ0n) is 14.1. The van der Waals surface area contributed by atoms with E-state index in [-0.39, 0.29) is 5.92 Å². The summed E-state index contributed by atoms with van der Waals surface area (Å²) in [6.45, 7) is 3.68. The molecule has 2 aliphatic rings. The van der Waals surface area contributed by atoms with Crippen molar-refractivity contribution in [1.29, 1.82) is 0 Å². The van der Waals surface area contributed by atoms with Crippen LogP contribution in [0.1, 0.15) is 12.8 Å². The third kappa shape index (κ3) is 2.88. The first-order valence-electron chi connectivity index (χ1n) is 8.77. The molecule has 6 heteroatoms. The summed E-state index contributed by atoms with van der Waals surface area (Å²) in [6.07, 6.45) is 1.87. The second-order valence-electron chi connectivity index (χ2n) is 6.66. The van der Waals surface area contributed by atoms with E-state index in [2.05, 4.69) is 39.6 Å². The van der Waals surface area contributed by atoms with Gasteiger partial charge in [0.2, 0.25) is 11.9 Å². The number of imidazole rings is 1. The van der Waals surface area contributed by atoms with Gasteiger partial charge in [0, 0.05) is 50.7 Å². The van der Waals surface area contributed by atoms with E-state index in [0.717, 1.165) is 67.5 Å². The van der Waals surface area contributed by atoms with Crippen LogP contribution in [0.4, 0.5) is 5.95 Å². The van der Waals surface area contributed by atoms with Crippen LogP contribution in [0.5, 0.6) is 0 Å². The lowest BCUT2D eigenvalue weighted by Gasteiger charge is -2.35. The zero-order chi connectivity index (χ0) is 16.5. The maximum atomic E-state index is 12.7. The van der Waals surface area contributed by atoms with Crippen LogP contribution in [-0.4, -0.2) is 58.0 Å². The third-order valence-electron chi connectivity index (χ3n) is 5.21. The zero-order valence-corrected chi connectivity index (χ0v) is 15.0. The van der Waals surface area contributed by atoms with E-state index >= 15 is 0 Å². The molecule has 1 aromatic carbocycles. The molecule has 0 N–H and O–H groups in total. The molecule has 2 aliphatic heterocycles. The molecule has 24 heavy (non-hydrogen) atoms. The van der Waals surface area contributed by atoms with E-state index in [0.29, 0.717) is 5.91 Å². The predicted molar refractivity (Wildman–Crippen MR) is 99.6 cm³/mol. The fourth-order valence-corrected chi connectivity index (χ4v) is 4.69. The molecular formula is C18H24N4OS. The van der Waals surface area contributed by atoms with Crippen molar-refractivity contribution in [2.24, 2.45) is 13.0 Å². The number of thioether (sulfide) groups is 1. The number of anilines is 1. The van der Waals surface area contributed by atoms with Crippen molar-refractivity contribution in [3.63, 3.8) is 0 Å². The molecule has 2 fully saturated rings. The molecule has 0 unspecified atom stereocenters. The van der Waals surface area contributed by atoms with Crippen LogP contribution in [0.2, 0.25) is 0 Å². The summed E-state index contributed by atoms with van der Waals surface area (Å²) in [5.41, 5.74) is 2.20. The van der Waals surface area contributed by atoms with Gasteiger partial charge in [-0.25, -0.2) is 4.98 Å². The van der Waals surface area contributed by atoms with Crippen LogP contribution in [-0.2, 0) is 11.8 Å². The molecule has 0 atom stereocenters. The van der Waals surface area contributed by atoms with Crippen LogP contribution in [0.15, 0.2) is 24.3 Å². The van der Waals surface area contributed by atoms with Gasteiger partial charge in [-0.1, -0.05) is 12.1 Å². The average Bonchev–Trinajstić information content (AvgIpc) is 2.99. The number of aromatic nitrogens is 2. The summed E-state index contributed by atoms with van der Waals surface area (Å²) in [5, 5.41) is 0. The number of carbonyl (C=O) groups is 1. The SMILES string of the molecule is Cn1c(N2CCC(C(=O)N3CCSCC3)CC2)nc2ccccc21. The number of para-hydroxylation sites is 2. The van der Waals surface area contributed by atoms with Gasteiger partial charge in [-0.2, -0.15) is 11.8 Å². The van der Waals surface area contributed by atoms with Gasteiger partial charge in [-0.05, 0) is 25.0 Å². The number of piperidine rings is 1. The van der Waals surface area contributed by atoms with Crippen molar-refractivity contribution < 1.29 is 4.79 Å². The number of nitrogens with zero attached hydrogens (tertiary/aromatic N) is 4. The van der Waals surface area contributed by atoms with E-state index < -0.39 is 0 Å². The lowest BCUT2D eigenvalue weighted by molar-refractivity contribution is -0.135. The molecule has 3 heterocycles. The highest BCUT2D eigenvalue weighted by atomic mass is 32.2. The molecule has 1 amide bonds. The van der Waals surface area contributed by atoms with Gasteiger partial charge >= 0.3 is 0 Å². The molecule has 0 aliphatic carbocycles. The number of benzene rings is 1. The van der Waals surface area contributed by atoms with Gasteiger partial charge in [0.05, 0.1) is 11.0 Å². The maximum absolute atomic E-state index is 12.7. The van der Waals surface area contributed by atoms with Crippen molar-refractivity contribution >= 4 is 34.7 Å². The summed E-state index contributed by atoms with van der Waals surface area (Å²) in [4.78, 5) is 21.9. The minimum absolute atomic E-state index is 0.194. The number of rotatable bonds is 2. The third-order valence-corrected chi connectivity index (χ3v) is 6.16. The van der Waals surface area contributed by atoms with Gasteiger partial charge in [0.1, 0.15) is 0 Å². The van der Waals surface area contributed by atoms with E-state index in [9.17, 15) is 4.79 Å². The summed E-state index contributed by atoms with van der Waals surface area (Å²) in [5.74, 6) is 3.77. The van der Waals surface area contributed by atoms with E-state index in [4.69, 9.17) is 4.98 Å². The van der Waals surface area contributed by atoms with Gasteiger partial charge in [0.25, 0.3) is 0 Å². The second-order valence-corrected chi connectivity index (χ2v) is 7.88. The molecule has 2 saturated heterocycles. The largest absolute Gasteiger partial charge is 0.342 e. The van der Waals surface area contributed by atoms with Crippen LogP contribution in [0.3, 0.4) is 0 Å². The molecule has 0 saturated carbocycles. The highest BCUT2D eigenvalue weighted by molar-refractivity contribution is 7.99. The van der Waals surface area contributed by atoms with Gasteiger partial charge in [-0.15, -0.1) is 0 Å². The van der Waals surface area contributed by atoms with Gasteiger partial charge < -0.3 is 14.4 Å². The Kier molecular flexibility index (Phi) is 4.39. The first-order valence-corrected chi connectivity index (χ1v) is 9.92. The molecule has 1 aromatic heterocycles. The summed E-state index contributed by atoms with van der Waals surface area (Å²) in [6, 6.07) is 8.25. The Morgan fingerprint density at radius 2 is 1.83 bits per heavy atom. The average molecular weight is 344 g/mol. The quantitative estimate of drug-likeness (QED) is 0.839. The minimum Gasteiger partial charge on any atom is -0.342 e. The Morgan fingerprint density at radius 1 is 1.12 bits per heavy atom. The van der Waals surface area contributed by atoms with Gasteiger partial charge in [0.15, 0.2) is 0 Å². The molecule has 128 valence electrons. The number of hydrogen-bond acceptors (Lipinski definition) is 4. The smallest absolute Gasteiger partial charge is 0.225 e. The lowest BCUT2D eigenvalue weighted by atomic mass is 9.95. The number of amides is 1. The van der Waals surface area contributed by atoms with Crippen molar-refractivity contribution in [3.05, 3.63) is 24.3 Å². The number of hydrogen-bond donors (Lipinski definition) is 0. The first-order chi connectivity index (χ1) is 11.7. The Hall–Kier alpha value is -1.69. The topological polar surface area (TPSA) is 41.4 Å². The van der Waals surface area contributed by atoms with Crippen molar-refractivity contribution in [1.82, 2.24) is 14.5 Å². The van der Waals surface area contributed by atoms with Crippen molar-refractivity contribution in [3.8, 4) is 0 Å². The Labute approximate surface area is 147 Å². The highest BCUT2D eigenvalue weighted by Gasteiger charge is 2.30. The molecule has 0 spiro atoms. The summed E-state index contributed by atoms with van der Waals surface area (Å²) < 4.78 is 2.17. The second kappa shape index (κ2) is 6.67.